The fraction of sp³-hybridized carbons (Fsp3) is 0.158. The minimum absolute atomic E-state index is 0.0710. The molecule has 2 heterocycles. The first-order valence-electron chi connectivity index (χ1n) is 8.43. The zero-order valence-electron chi connectivity index (χ0n) is 14.3. The molecule has 0 radical (unpaired) electrons. The molecule has 8 heteroatoms. The number of nitrogens with one attached hydrogen (secondary N) is 1. The van der Waals surface area contributed by atoms with Crippen LogP contribution in [0.5, 0.6) is 0 Å². The second-order valence-electron chi connectivity index (χ2n) is 5.95. The Bertz CT molecular complexity index is 1150. The molecule has 138 valence electrons. The summed E-state index contributed by atoms with van der Waals surface area (Å²) in [5.74, 6) is 0.777. The molecule has 2 aromatic heterocycles. The molecular weight excluding hydrogens is 398 g/mol. The first-order chi connectivity index (χ1) is 13.1. The number of para-hydroxylation sites is 1. The van der Waals surface area contributed by atoms with E-state index in [4.69, 9.17) is 0 Å². The summed E-state index contributed by atoms with van der Waals surface area (Å²) in [6, 6.07) is 17.1. The largest absolute Gasteiger partial charge is 0.283 e. The lowest BCUT2D eigenvalue weighted by molar-refractivity contribution is 0.600. The molecule has 0 spiro atoms. The lowest BCUT2D eigenvalue weighted by Gasteiger charge is -2.10. The maximum Gasteiger partial charge on any atom is 0.232 e. The first-order valence-corrected chi connectivity index (χ1v) is 11.9. The maximum absolute atomic E-state index is 12.4. The quantitative estimate of drug-likeness (QED) is 0.348. The molecule has 5 nitrogen and oxygen atoms in total. The predicted molar refractivity (Wildman–Crippen MR) is 114 cm³/mol. The van der Waals surface area contributed by atoms with E-state index in [-0.39, 0.29) is 5.75 Å². The van der Waals surface area contributed by atoms with Crippen molar-refractivity contribution >= 4 is 59.9 Å². The molecule has 4 aromatic rings. The molecule has 0 saturated carbocycles. The summed E-state index contributed by atoms with van der Waals surface area (Å²) in [6.45, 7) is 0. The van der Waals surface area contributed by atoms with Gasteiger partial charge < -0.3 is 0 Å². The monoisotopic (exact) mass is 415 g/mol. The number of nitrogens with zero attached hydrogens (tertiary/aromatic N) is 2. The van der Waals surface area contributed by atoms with Crippen LogP contribution in [0.3, 0.4) is 0 Å². The molecule has 0 saturated heterocycles. The Morgan fingerprint density at radius 2 is 1.85 bits per heavy atom. The standard InChI is InChI=1S/C19H17N3O2S3/c23-27(24,22-16-9-3-8-15-14(16)6-4-11-20-15)13-5-12-25-19-21-17-7-1-2-10-18(17)26-19/h1-4,6-11,22H,5,12-13H2. The number of thioether (sulfide) groups is 1. The Hall–Kier alpha value is -2.16. The van der Waals surface area contributed by atoms with Gasteiger partial charge >= 0.3 is 0 Å². The third-order valence-corrected chi connectivity index (χ3v) is 7.59. The van der Waals surface area contributed by atoms with E-state index in [0.29, 0.717) is 17.9 Å². The molecule has 0 unspecified atom stereocenters. The highest BCUT2D eigenvalue weighted by Gasteiger charge is 2.13. The Morgan fingerprint density at radius 3 is 2.74 bits per heavy atom. The zero-order valence-corrected chi connectivity index (χ0v) is 16.8. The minimum Gasteiger partial charge on any atom is -0.283 e. The van der Waals surface area contributed by atoms with Crippen LogP contribution in [0.4, 0.5) is 5.69 Å². The van der Waals surface area contributed by atoms with Gasteiger partial charge in [0.25, 0.3) is 0 Å². The van der Waals surface area contributed by atoms with Gasteiger partial charge in [-0.15, -0.1) is 11.3 Å². The van der Waals surface area contributed by atoms with Crippen molar-refractivity contribution < 1.29 is 8.42 Å². The van der Waals surface area contributed by atoms with Crippen LogP contribution in [0.25, 0.3) is 21.1 Å². The number of rotatable bonds is 7. The number of benzene rings is 2. The van der Waals surface area contributed by atoms with Crippen molar-refractivity contribution in [1.29, 1.82) is 0 Å². The van der Waals surface area contributed by atoms with Crippen LogP contribution < -0.4 is 4.72 Å². The van der Waals surface area contributed by atoms with Crippen molar-refractivity contribution in [3.63, 3.8) is 0 Å². The van der Waals surface area contributed by atoms with Crippen LogP contribution in [0.2, 0.25) is 0 Å². The number of fused-ring (bicyclic) bond motifs is 2. The molecule has 4 rings (SSSR count). The average Bonchev–Trinajstić information content (AvgIpc) is 3.08. The molecule has 0 aliphatic heterocycles. The highest BCUT2D eigenvalue weighted by atomic mass is 32.2. The van der Waals surface area contributed by atoms with E-state index >= 15 is 0 Å². The molecule has 2 aromatic carbocycles. The molecule has 0 fully saturated rings. The van der Waals surface area contributed by atoms with Gasteiger partial charge in [0.15, 0.2) is 4.34 Å². The van der Waals surface area contributed by atoms with Gasteiger partial charge in [-0.1, -0.05) is 30.0 Å². The SMILES string of the molecule is O=S(=O)(CCCSc1nc2ccccc2s1)Nc1cccc2ncccc12. The summed E-state index contributed by atoms with van der Waals surface area (Å²) < 4.78 is 29.7. The topological polar surface area (TPSA) is 72.0 Å². The molecule has 0 atom stereocenters. The molecule has 0 aliphatic rings. The second-order valence-corrected chi connectivity index (χ2v) is 10.2. The smallest absolute Gasteiger partial charge is 0.232 e. The van der Waals surface area contributed by atoms with Crippen LogP contribution in [-0.4, -0.2) is 29.9 Å². The highest BCUT2D eigenvalue weighted by molar-refractivity contribution is 8.01. The van der Waals surface area contributed by atoms with Crippen molar-refractivity contribution in [3.8, 4) is 0 Å². The fourth-order valence-electron chi connectivity index (χ4n) is 2.73. The van der Waals surface area contributed by atoms with Gasteiger partial charge in [-0.2, -0.15) is 0 Å². The van der Waals surface area contributed by atoms with Crippen LogP contribution in [0.15, 0.2) is 65.1 Å². The Balaban J connectivity index is 1.35. The Morgan fingerprint density at radius 1 is 1.00 bits per heavy atom. The molecule has 0 bridgehead atoms. The number of anilines is 1. The molecule has 0 amide bonds. The van der Waals surface area contributed by atoms with Gasteiger partial charge in [0.05, 0.1) is 27.2 Å². The molecule has 27 heavy (non-hydrogen) atoms. The van der Waals surface area contributed by atoms with E-state index in [0.717, 1.165) is 25.5 Å². The predicted octanol–water partition coefficient (Wildman–Crippen LogP) is 4.77. The van der Waals surface area contributed by atoms with E-state index < -0.39 is 10.0 Å². The molecule has 0 aliphatic carbocycles. The molecular formula is C19H17N3O2S3. The summed E-state index contributed by atoms with van der Waals surface area (Å²) in [5, 5.41) is 0.799. The van der Waals surface area contributed by atoms with Crippen molar-refractivity contribution in [3.05, 3.63) is 60.8 Å². The van der Waals surface area contributed by atoms with E-state index in [1.54, 1.807) is 47.5 Å². The van der Waals surface area contributed by atoms with Gasteiger partial charge in [0.1, 0.15) is 0 Å². The third-order valence-electron chi connectivity index (χ3n) is 3.97. The summed E-state index contributed by atoms with van der Waals surface area (Å²) in [4.78, 5) is 8.81. The molecule has 1 N–H and O–H groups in total. The minimum atomic E-state index is -3.41. The third kappa shape index (κ3) is 4.40. The van der Waals surface area contributed by atoms with Gasteiger partial charge in [-0.25, -0.2) is 13.4 Å². The Kier molecular flexibility index (Phi) is 5.29. The van der Waals surface area contributed by atoms with Crippen LogP contribution in [0, 0.1) is 0 Å². The van der Waals surface area contributed by atoms with Crippen molar-refractivity contribution in [1.82, 2.24) is 9.97 Å². The Labute approximate surface area is 165 Å². The highest BCUT2D eigenvalue weighted by Crippen LogP contribution is 2.29. The fourth-order valence-corrected chi connectivity index (χ4v) is 6.13. The number of hydrogen-bond donors (Lipinski definition) is 1. The van der Waals surface area contributed by atoms with Crippen molar-refractivity contribution in [2.45, 2.75) is 10.8 Å². The van der Waals surface area contributed by atoms with E-state index in [1.165, 1.54) is 0 Å². The number of pyridine rings is 1. The van der Waals surface area contributed by atoms with Crippen LogP contribution >= 0.6 is 23.1 Å². The average molecular weight is 416 g/mol. The summed E-state index contributed by atoms with van der Waals surface area (Å²) in [7, 11) is -3.41. The van der Waals surface area contributed by atoms with E-state index in [9.17, 15) is 8.42 Å². The summed E-state index contributed by atoms with van der Waals surface area (Å²) in [6.07, 6.45) is 2.25. The van der Waals surface area contributed by atoms with E-state index in [2.05, 4.69) is 14.7 Å². The normalized spacial score (nSPS) is 11.9. The van der Waals surface area contributed by atoms with Gasteiger partial charge in [0.2, 0.25) is 10.0 Å². The van der Waals surface area contributed by atoms with Gasteiger partial charge in [-0.05, 0) is 42.8 Å². The maximum atomic E-state index is 12.4. The van der Waals surface area contributed by atoms with Gasteiger partial charge in [0, 0.05) is 17.3 Å². The number of hydrogen-bond acceptors (Lipinski definition) is 6. The first kappa shape index (κ1) is 18.2. The number of sulfonamides is 1. The summed E-state index contributed by atoms with van der Waals surface area (Å²) >= 11 is 3.24. The van der Waals surface area contributed by atoms with Gasteiger partial charge in [-0.3, -0.25) is 9.71 Å². The lowest BCUT2D eigenvalue weighted by atomic mass is 10.2. The summed E-state index contributed by atoms with van der Waals surface area (Å²) in [5.41, 5.74) is 2.33. The van der Waals surface area contributed by atoms with Crippen LogP contribution in [-0.2, 0) is 10.0 Å². The zero-order chi connectivity index (χ0) is 18.7. The van der Waals surface area contributed by atoms with Crippen LogP contribution in [0.1, 0.15) is 6.42 Å². The number of aromatic nitrogens is 2. The van der Waals surface area contributed by atoms with E-state index in [1.807, 2.05) is 36.4 Å². The second kappa shape index (κ2) is 7.84. The number of thiazole rings is 1. The van der Waals surface area contributed by atoms with Crippen molar-refractivity contribution in [2.24, 2.45) is 0 Å². The van der Waals surface area contributed by atoms with Crippen molar-refractivity contribution in [2.75, 3.05) is 16.2 Å². The lowest BCUT2D eigenvalue weighted by Crippen LogP contribution is -2.17.